The molecule has 1 aromatic heterocycles. The van der Waals surface area contributed by atoms with Crippen LogP contribution in [0.5, 0.6) is 0 Å². The van der Waals surface area contributed by atoms with Crippen LogP contribution in [0.4, 0.5) is 10.6 Å². The quantitative estimate of drug-likeness (QED) is 0.506. The maximum atomic E-state index is 10.4. The zero-order valence-electron chi connectivity index (χ0n) is 9.36. The summed E-state index contributed by atoms with van der Waals surface area (Å²) in [5.41, 5.74) is 4.92. The Labute approximate surface area is 104 Å². The van der Waals surface area contributed by atoms with Gasteiger partial charge in [-0.05, 0) is 0 Å². The Kier molecular flexibility index (Phi) is 5.44. The van der Waals surface area contributed by atoms with Crippen LogP contribution in [0.3, 0.4) is 0 Å². The summed E-state index contributed by atoms with van der Waals surface area (Å²) in [5, 5.41) is 5.75. The number of anilines is 1. The molecule has 0 aliphatic rings. The number of carbonyl (C=O) groups excluding carboxylic acids is 1. The van der Waals surface area contributed by atoms with E-state index in [0.29, 0.717) is 29.9 Å². The Balaban J connectivity index is 2.49. The van der Waals surface area contributed by atoms with Crippen molar-refractivity contribution in [3.05, 3.63) is 17.0 Å². The summed E-state index contributed by atoms with van der Waals surface area (Å²) in [6.07, 6.45) is 0. The Bertz CT molecular complexity index is 388. The van der Waals surface area contributed by atoms with Crippen LogP contribution in [-0.2, 0) is 11.3 Å². The lowest BCUT2D eigenvalue weighted by atomic mass is 10.5. The van der Waals surface area contributed by atoms with Gasteiger partial charge in [0.1, 0.15) is 17.6 Å². The molecule has 0 bridgehead atoms. The van der Waals surface area contributed by atoms with Crippen molar-refractivity contribution in [1.29, 1.82) is 0 Å². The first-order valence-electron chi connectivity index (χ1n) is 4.91. The third-order valence-corrected chi connectivity index (χ3v) is 1.94. The van der Waals surface area contributed by atoms with Gasteiger partial charge in [0.25, 0.3) is 0 Å². The van der Waals surface area contributed by atoms with Gasteiger partial charge in [-0.2, -0.15) is 0 Å². The zero-order valence-corrected chi connectivity index (χ0v) is 10.1. The number of methoxy groups -OCH3 is 1. The molecule has 0 fully saturated rings. The normalized spacial score (nSPS) is 10.0. The van der Waals surface area contributed by atoms with Crippen molar-refractivity contribution in [2.45, 2.75) is 6.61 Å². The highest BCUT2D eigenvalue weighted by molar-refractivity contribution is 6.29. The topological polar surface area (TPSA) is 102 Å². The fourth-order valence-electron chi connectivity index (χ4n) is 1.13. The number of urea groups is 1. The predicted molar refractivity (Wildman–Crippen MR) is 63.8 cm³/mol. The minimum Gasteiger partial charge on any atom is -0.377 e. The molecule has 0 unspecified atom stereocenters. The Morgan fingerprint density at radius 3 is 2.94 bits per heavy atom. The number of nitrogens with zero attached hydrogens (tertiary/aromatic N) is 2. The van der Waals surface area contributed by atoms with Gasteiger partial charge in [0.2, 0.25) is 0 Å². The van der Waals surface area contributed by atoms with Crippen LogP contribution in [0.15, 0.2) is 6.07 Å². The van der Waals surface area contributed by atoms with E-state index in [1.54, 1.807) is 13.2 Å². The lowest BCUT2D eigenvalue weighted by Gasteiger charge is -2.07. The van der Waals surface area contributed by atoms with Crippen LogP contribution in [0.1, 0.15) is 5.82 Å². The van der Waals surface area contributed by atoms with E-state index in [-0.39, 0.29) is 6.61 Å². The van der Waals surface area contributed by atoms with Crippen molar-refractivity contribution in [3.8, 4) is 0 Å². The molecule has 4 N–H and O–H groups in total. The zero-order chi connectivity index (χ0) is 12.7. The third kappa shape index (κ3) is 5.32. The second-order valence-electron chi connectivity index (χ2n) is 3.14. The average molecular weight is 260 g/mol. The number of aromatic nitrogens is 2. The van der Waals surface area contributed by atoms with E-state index >= 15 is 0 Å². The van der Waals surface area contributed by atoms with Gasteiger partial charge in [0, 0.05) is 26.3 Å². The summed E-state index contributed by atoms with van der Waals surface area (Å²) in [7, 11) is 1.55. The first kappa shape index (κ1) is 13.5. The van der Waals surface area contributed by atoms with Crippen molar-refractivity contribution in [3.63, 3.8) is 0 Å². The van der Waals surface area contributed by atoms with Gasteiger partial charge in [-0.1, -0.05) is 11.6 Å². The Morgan fingerprint density at radius 2 is 2.29 bits per heavy atom. The first-order chi connectivity index (χ1) is 8.11. The molecule has 0 radical (unpaired) electrons. The monoisotopic (exact) mass is 259 g/mol. The van der Waals surface area contributed by atoms with Gasteiger partial charge in [-0.15, -0.1) is 0 Å². The number of hydrogen-bond donors (Lipinski definition) is 3. The van der Waals surface area contributed by atoms with Gasteiger partial charge in [0.15, 0.2) is 5.82 Å². The number of amides is 2. The van der Waals surface area contributed by atoms with E-state index in [0.717, 1.165) is 0 Å². The maximum absolute atomic E-state index is 10.4. The minimum atomic E-state index is -0.562. The molecule has 2 amide bonds. The molecule has 94 valence electrons. The van der Waals surface area contributed by atoms with Crippen molar-refractivity contribution in [2.75, 3.05) is 25.5 Å². The van der Waals surface area contributed by atoms with Gasteiger partial charge < -0.3 is 21.1 Å². The molecular formula is C9H14ClN5O2. The highest BCUT2D eigenvalue weighted by atomic mass is 35.5. The Morgan fingerprint density at radius 1 is 1.53 bits per heavy atom. The second kappa shape index (κ2) is 6.87. The number of carbonyl (C=O) groups is 1. The van der Waals surface area contributed by atoms with Crippen LogP contribution in [-0.4, -0.2) is 36.2 Å². The molecule has 17 heavy (non-hydrogen) atoms. The molecular weight excluding hydrogens is 246 g/mol. The van der Waals surface area contributed by atoms with Crippen LogP contribution >= 0.6 is 11.6 Å². The summed E-state index contributed by atoms with van der Waals surface area (Å²) in [6.45, 7) is 1.17. The van der Waals surface area contributed by atoms with Gasteiger partial charge in [0.05, 0.1) is 0 Å². The molecule has 1 aromatic rings. The van der Waals surface area contributed by atoms with Crippen LogP contribution in [0.2, 0.25) is 5.15 Å². The molecule has 0 saturated carbocycles. The van der Waals surface area contributed by atoms with Crippen molar-refractivity contribution < 1.29 is 9.53 Å². The first-order valence-corrected chi connectivity index (χ1v) is 5.29. The van der Waals surface area contributed by atoms with E-state index in [2.05, 4.69) is 20.6 Å². The second-order valence-corrected chi connectivity index (χ2v) is 3.53. The SMILES string of the molecule is COCc1nc(Cl)cc(NCCNC(N)=O)n1. The summed E-state index contributed by atoms with van der Waals surface area (Å²) >= 11 is 5.81. The average Bonchev–Trinajstić information content (AvgIpc) is 2.24. The van der Waals surface area contributed by atoms with Gasteiger partial charge >= 0.3 is 6.03 Å². The molecule has 0 aliphatic heterocycles. The standard InChI is InChI=1S/C9H14ClN5O2/c1-17-5-8-14-6(10)4-7(15-8)12-2-3-13-9(11)16/h4H,2-3,5H2,1H3,(H3,11,13,16)(H,12,14,15). The fourth-order valence-corrected chi connectivity index (χ4v) is 1.33. The van der Waals surface area contributed by atoms with Crippen molar-refractivity contribution >= 4 is 23.4 Å². The summed E-state index contributed by atoms with van der Waals surface area (Å²) < 4.78 is 4.91. The number of hydrogen-bond acceptors (Lipinski definition) is 5. The molecule has 0 saturated heterocycles. The Hall–Kier alpha value is -1.60. The van der Waals surface area contributed by atoms with Gasteiger partial charge in [-0.25, -0.2) is 14.8 Å². The number of halogens is 1. The molecule has 7 nitrogen and oxygen atoms in total. The van der Waals surface area contributed by atoms with E-state index in [1.165, 1.54) is 0 Å². The molecule has 0 spiro atoms. The number of ether oxygens (including phenoxy) is 1. The molecule has 0 atom stereocenters. The third-order valence-electron chi connectivity index (χ3n) is 1.74. The van der Waals surface area contributed by atoms with Crippen LogP contribution < -0.4 is 16.4 Å². The van der Waals surface area contributed by atoms with E-state index in [9.17, 15) is 4.79 Å². The highest BCUT2D eigenvalue weighted by Gasteiger charge is 2.02. The van der Waals surface area contributed by atoms with E-state index in [1.807, 2.05) is 0 Å². The largest absolute Gasteiger partial charge is 0.377 e. The number of nitrogens with one attached hydrogen (secondary N) is 2. The van der Waals surface area contributed by atoms with E-state index in [4.69, 9.17) is 22.1 Å². The number of primary amides is 1. The maximum Gasteiger partial charge on any atom is 0.312 e. The van der Waals surface area contributed by atoms with Crippen molar-refractivity contribution in [2.24, 2.45) is 5.73 Å². The lowest BCUT2D eigenvalue weighted by Crippen LogP contribution is -2.33. The summed E-state index contributed by atoms with van der Waals surface area (Å²) in [5.74, 6) is 1.06. The lowest BCUT2D eigenvalue weighted by molar-refractivity contribution is 0.178. The smallest absolute Gasteiger partial charge is 0.312 e. The number of nitrogens with two attached hydrogens (primary N) is 1. The predicted octanol–water partition coefficient (Wildman–Crippen LogP) is 0.357. The molecule has 0 aromatic carbocycles. The molecule has 0 aliphatic carbocycles. The molecule has 8 heteroatoms. The summed E-state index contributed by atoms with van der Waals surface area (Å²) in [6, 6.07) is 1.03. The fraction of sp³-hybridized carbons (Fsp3) is 0.444. The molecule has 1 heterocycles. The van der Waals surface area contributed by atoms with Crippen molar-refractivity contribution in [1.82, 2.24) is 15.3 Å². The van der Waals surface area contributed by atoms with Crippen LogP contribution in [0, 0.1) is 0 Å². The summed E-state index contributed by atoms with van der Waals surface area (Å²) in [4.78, 5) is 18.6. The van der Waals surface area contributed by atoms with Crippen LogP contribution in [0.25, 0.3) is 0 Å². The molecule has 1 rings (SSSR count). The highest BCUT2D eigenvalue weighted by Crippen LogP contribution is 2.11. The number of rotatable bonds is 6. The van der Waals surface area contributed by atoms with E-state index < -0.39 is 6.03 Å². The minimum absolute atomic E-state index is 0.286. The van der Waals surface area contributed by atoms with Gasteiger partial charge in [-0.3, -0.25) is 0 Å².